The van der Waals surface area contributed by atoms with E-state index in [1.807, 2.05) is 12.1 Å². The highest BCUT2D eigenvalue weighted by molar-refractivity contribution is 5.93. The summed E-state index contributed by atoms with van der Waals surface area (Å²) in [7, 11) is 3.11. The second-order valence-corrected chi connectivity index (χ2v) is 4.74. The second kappa shape index (κ2) is 7.88. The van der Waals surface area contributed by atoms with E-state index in [2.05, 4.69) is 15.8 Å². The summed E-state index contributed by atoms with van der Waals surface area (Å²) in [5, 5.41) is 0. The fraction of sp³-hybridized carbons (Fsp3) is 0.250. The summed E-state index contributed by atoms with van der Waals surface area (Å²) < 4.78 is 10.5. The molecule has 0 fully saturated rings. The van der Waals surface area contributed by atoms with E-state index in [9.17, 15) is 9.59 Å². The summed E-state index contributed by atoms with van der Waals surface area (Å²) in [6.07, 6.45) is 2.30. The zero-order valence-electron chi connectivity index (χ0n) is 13.0. The van der Waals surface area contributed by atoms with E-state index in [0.29, 0.717) is 23.6 Å². The summed E-state index contributed by atoms with van der Waals surface area (Å²) in [5.74, 6) is 0.528. The number of ether oxygens (including phenoxy) is 2. The number of aromatic amines is 1. The number of aryl methyl sites for hydroxylation is 1. The molecule has 0 spiro atoms. The van der Waals surface area contributed by atoms with Crippen LogP contribution in [0.4, 0.5) is 0 Å². The molecule has 0 radical (unpaired) electrons. The van der Waals surface area contributed by atoms with E-state index >= 15 is 0 Å². The number of nitrogens with one attached hydrogen (secondary N) is 3. The molecule has 2 aromatic rings. The molecule has 1 aromatic carbocycles. The van der Waals surface area contributed by atoms with Crippen molar-refractivity contribution in [2.24, 2.45) is 0 Å². The van der Waals surface area contributed by atoms with Crippen molar-refractivity contribution in [3.8, 4) is 11.5 Å². The maximum Gasteiger partial charge on any atom is 0.286 e. The first-order valence-corrected chi connectivity index (χ1v) is 7.08. The summed E-state index contributed by atoms with van der Waals surface area (Å²) in [6.45, 7) is 0. The minimum atomic E-state index is -0.401. The summed E-state index contributed by atoms with van der Waals surface area (Å²) >= 11 is 0. The van der Waals surface area contributed by atoms with Crippen LogP contribution in [0.5, 0.6) is 11.5 Å². The van der Waals surface area contributed by atoms with E-state index in [1.165, 1.54) is 0 Å². The Hall–Kier alpha value is -2.96. The van der Waals surface area contributed by atoms with Gasteiger partial charge in [0.2, 0.25) is 5.91 Å². The predicted molar refractivity (Wildman–Crippen MR) is 84.3 cm³/mol. The fourth-order valence-electron chi connectivity index (χ4n) is 2.13. The standard InChI is InChI=1S/C16H19N3O4/c1-22-13-7-3-5-11(15(13)23-2)8-9-14(20)18-19-16(21)12-6-4-10-17-12/h3-7,10,17H,8-9H2,1-2H3,(H,18,20)(H,19,21). The average molecular weight is 317 g/mol. The van der Waals surface area contributed by atoms with Crippen LogP contribution in [-0.4, -0.2) is 31.0 Å². The molecular formula is C16H19N3O4. The summed E-state index contributed by atoms with van der Waals surface area (Å²) in [5.41, 5.74) is 5.96. The lowest BCUT2D eigenvalue weighted by atomic mass is 10.1. The minimum Gasteiger partial charge on any atom is -0.493 e. The van der Waals surface area contributed by atoms with Gasteiger partial charge in [-0.1, -0.05) is 12.1 Å². The van der Waals surface area contributed by atoms with Gasteiger partial charge >= 0.3 is 0 Å². The van der Waals surface area contributed by atoms with Crippen molar-refractivity contribution >= 4 is 11.8 Å². The lowest BCUT2D eigenvalue weighted by Gasteiger charge is -2.12. The van der Waals surface area contributed by atoms with Crippen LogP contribution in [0, 0.1) is 0 Å². The van der Waals surface area contributed by atoms with Gasteiger partial charge in [-0.05, 0) is 30.2 Å². The Balaban J connectivity index is 1.86. The van der Waals surface area contributed by atoms with Crippen LogP contribution < -0.4 is 20.3 Å². The normalized spacial score (nSPS) is 10.0. The molecule has 1 heterocycles. The van der Waals surface area contributed by atoms with Crippen molar-refractivity contribution < 1.29 is 19.1 Å². The molecule has 1 aromatic heterocycles. The zero-order valence-corrected chi connectivity index (χ0v) is 13.0. The van der Waals surface area contributed by atoms with Crippen LogP contribution in [0.3, 0.4) is 0 Å². The van der Waals surface area contributed by atoms with Gasteiger partial charge in [-0.3, -0.25) is 20.4 Å². The first-order valence-electron chi connectivity index (χ1n) is 7.08. The van der Waals surface area contributed by atoms with Gasteiger partial charge in [0.15, 0.2) is 11.5 Å². The number of hydrazine groups is 1. The zero-order chi connectivity index (χ0) is 16.7. The van der Waals surface area contributed by atoms with Crippen LogP contribution in [0.15, 0.2) is 36.5 Å². The topological polar surface area (TPSA) is 92.5 Å². The Morgan fingerprint density at radius 1 is 1.09 bits per heavy atom. The maximum absolute atomic E-state index is 11.8. The van der Waals surface area contributed by atoms with Crippen molar-refractivity contribution in [3.05, 3.63) is 47.8 Å². The first-order chi connectivity index (χ1) is 11.2. The monoisotopic (exact) mass is 317 g/mol. The van der Waals surface area contributed by atoms with Gasteiger partial charge in [-0.2, -0.15) is 0 Å². The van der Waals surface area contributed by atoms with Gasteiger partial charge in [0.05, 0.1) is 14.2 Å². The lowest BCUT2D eigenvalue weighted by molar-refractivity contribution is -0.121. The van der Waals surface area contributed by atoms with Gasteiger partial charge in [0.25, 0.3) is 5.91 Å². The Bertz CT molecular complexity index is 668. The number of aromatic nitrogens is 1. The number of methoxy groups -OCH3 is 2. The quantitative estimate of drug-likeness (QED) is 0.703. The van der Waals surface area contributed by atoms with E-state index in [-0.39, 0.29) is 12.3 Å². The molecule has 0 saturated heterocycles. The smallest absolute Gasteiger partial charge is 0.286 e. The predicted octanol–water partition coefficient (Wildman–Crippen LogP) is 1.43. The van der Waals surface area contributed by atoms with Crippen molar-refractivity contribution in [1.82, 2.24) is 15.8 Å². The van der Waals surface area contributed by atoms with Crippen LogP contribution in [0.2, 0.25) is 0 Å². The number of amides is 2. The van der Waals surface area contributed by atoms with Crippen molar-refractivity contribution in [2.75, 3.05) is 14.2 Å². The van der Waals surface area contributed by atoms with Crippen LogP contribution >= 0.6 is 0 Å². The SMILES string of the molecule is COc1cccc(CCC(=O)NNC(=O)c2ccc[nH]2)c1OC. The van der Waals surface area contributed by atoms with Gasteiger partial charge in [0.1, 0.15) is 5.69 Å². The number of carbonyl (C=O) groups excluding carboxylic acids is 2. The molecular weight excluding hydrogens is 298 g/mol. The average Bonchev–Trinajstić information content (AvgIpc) is 3.11. The molecule has 0 bridgehead atoms. The van der Waals surface area contributed by atoms with Gasteiger partial charge in [-0.15, -0.1) is 0 Å². The number of benzene rings is 1. The minimum absolute atomic E-state index is 0.203. The highest BCUT2D eigenvalue weighted by atomic mass is 16.5. The molecule has 7 heteroatoms. The number of hydrogen-bond donors (Lipinski definition) is 3. The lowest BCUT2D eigenvalue weighted by Crippen LogP contribution is -2.41. The fourth-order valence-corrected chi connectivity index (χ4v) is 2.13. The first kappa shape index (κ1) is 16.4. The van der Waals surface area contributed by atoms with Crippen molar-refractivity contribution in [2.45, 2.75) is 12.8 Å². The summed E-state index contributed by atoms with van der Waals surface area (Å²) in [4.78, 5) is 26.3. The third kappa shape index (κ3) is 4.26. The largest absolute Gasteiger partial charge is 0.493 e. The molecule has 2 amide bonds. The molecule has 3 N–H and O–H groups in total. The van der Waals surface area contributed by atoms with Crippen molar-refractivity contribution in [3.63, 3.8) is 0 Å². The molecule has 0 unspecified atom stereocenters. The van der Waals surface area contributed by atoms with Gasteiger partial charge < -0.3 is 14.5 Å². The van der Waals surface area contributed by atoms with Crippen LogP contribution in [0.25, 0.3) is 0 Å². The molecule has 0 aliphatic heterocycles. The molecule has 2 rings (SSSR count). The Morgan fingerprint density at radius 2 is 1.91 bits per heavy atom. The molecule has 23 heavy (non-hydrogen) atoms. The molecule has 0 atom stereocenters. The number of carbonyl (C=O) groups is 2. The molecule has 122 valence electrons. The Kier molecular flexibility index (Phi) is 5.62. The van der Waals surface area contributed by atoms with E-state index in [1.54, 1.807) is 38.6 Å². The van der Waals surface area contributed by atoms with Crippen molar-refractivity contribution in [1.29, 1.82) is 0 Å². The second-order valence-electron chi connectivity index (χ2n) is 4.74. The Morgan fingerprint density at radius 3 is 2.57 bits per heavy atom. The third-order valence-electron chi connectivity index (χ3n) is 3.26. The highest BCUT2D eigenvalue weighted by Gasteiger charge is 2.12. The van der Waals surface area contributed by atoms with E-state index in [0.717, 1.165) is 5.56 Å². The van der Waals surface area contributed by atoms with Gasteiger partial charge in [0, 0.05) is 12.6 Å². The summed E-state index contributed by atoms with van der Waals surface area (Å²) in [6, 6.07) is 8.81. The van der Waals surface area contributed by atoms with Crippen LogP contribution in [0.1, 0.15) is 22.5 Å². The number of hydrogen-bond acceptors (Lipinski definition) is 4. The van der Waals surface area contributed by atoms with Crippen LogP contribution in [-0.2, 0) is 11.2 Å². The number of H-pyrrole nitrogens is 1. The number of rotatable bonds is 6. The molecule has 0 aliphatic rings. The third-order valence-corrected chi connectivity index (χ3v) is 3.26. The maximum atomic E-state index is 11.8. The molecule has 7 nitrogen and oxygen atoms in total. The highest BCUT2D eigenvalue weighted by Crippen LogP contribution is 2.31. The molecule has 0 saturated carbocycles. The number of para-hydroxylation sites is 1. The molecule has 0 aliphatic carbocycles. The van der Waals surface area contributed by atoms with Gasteiger partial charge in [-0.25, -0.2) is 0 Å². The van der Waals surface area contributed by atoms with E-state index < -0.39 is 5.91 Å². The van der Waals surface area contributed by atoms with E-state index in [4.69, 9.17) is 9.47 Å². The Labute approximate surface area is 134 Å².